The molecular formula is C11H18F3NO2. The van der Waals surface area contributed by atoms with Gasteiger partial charge >= 0.3 is 6.18 Å². The summed E-state index contributed by atoms with van der Waals surface area (Å²) in [7, 11) is 0. The molecule has 1 amide bonds. The normalized spacial score (nSPS) is 21.5. The molecule has 1 aliphatic heterocycles. The fourth-order valence-corrected chi connectivity index (χ4v) is 1.84. The predicted molar refractivity (Wildman–Crippen MR) is 56.3 cm³/mol. The van der Waals surface area contributed by atoms with Crippen molar-refractivity contribution in [3.05, 3.63) is 0 Å². The van der Waals surface area contributed by atoms with Crippen LogP contribution in [0, 0.1) is 5.41 Å². The van der Waals surface area contributed by atoms with E-state index in [0.717, 1.165) is 0 Å². The molecule has 0 aliphatic carbocycles. The summed E-state index contributed by atoms with van der Waals surface area (Å²) in [5.74, 6) is -0.179. The second-order valence-corrected chi connectivity index (χ2v) is 5.57. The number of hydrogen-bond donors (Lipinski definition) is 1. The first-order valence-corrected chi connectivity index (χ1v) is 5.56. The SMILES string of the molecule is CC(C)(C)C(=O)N1CCC(O)(C(F)(F)F)CC1. The number of carbonyl (C=O) groups excluding carboxylic acids is 1. The molecule has 0 saturated carbocycles. The van der Waals surface area contributed by atoms with Crippen LogP contribution in [0.5, 0.6) is 0 Å². The Labute approximate surface area is 98.6 Å². The fraction of sp³-hybridized carbons (Fsp3) is 0.909. The number of nitrogens with zero attached hydrogens (tertiary/aromatic N) is 1. The van der Waals surface area contributed by atoms with Gasteiger partial charge in [-0.15, -0.1) is 0 Å². The largest absolute Gasteiger partial charge is 0.417 e. The standard InChI is InChI=1S/C11H18F3NO2/c1-9(2,3)8(16)15-6-4-10(17,5-7-15)11(12,13)14/h17H,4-7H2,1-3H3. The van der Waals surface area contributed by atoms with E-state index in [2.05, 4.69) is 0 Å². The van der Waals surface area contributed by atoms with Gasteiger partial charge in [0.25, 0.3) is 0 Å². The van der Waals surface area contributed by atoms with Crippen LogP contribution in [-0.2, 0) is 4.79 Å². The Morgan fingerprint density at radius 1 is 1.18 bits per heavy atom. The summed E-state index contributed by atoms with van der Waals surface area (Å²) in [4.78, 5) is 13.2. The Morgan fingerprint density at radius 2 is 1.59 bits per heavy atom. The van der Waals surface area contributed by atoms with Crippen molar-refractivity contribution >= 4 is 5.91 Å². The average molecular weight is 253 g/mol. The van der Waals surface area contributed by atoms with Crippen molar-refractivity contribution in [3.8, 4) is 0 Å². The van der Waals surface area contributed by atoms with E-state index >= 15 is 0 Å². The summed E-state index contributed by atoms with van der Waals surface area (Å²) in [5, 5.41) is 9.45. The number of likely N-dealkylation sites (tertiary alicyclic amines) is 1. The number of carbonyl (C=O) groups is 1. The zero-order valence-electron chi connectivity index (χ0n) is 10.3. The van der Waals surface area contributed by atoms with Gasteiger partial charge in [0.15, 0.2) is 5.60 Å². The Hall–Kier alpha value is -0.780. The van der Waals surface area contributed by atoms with Crippen molar-refractivity contribution in [1.29, 1.82) is 0 Å². The second kappa shape index (κ2) is 4.15. The molecule has 1 saturated heterocycles. The van der Waals surface area contributed by atoms with E-state index in [4.69, 9.17) is 0 Å². The quantitative estimate of drug-likeness (QED) is 0.716. The van der Waals surface area contributed by atoms with E-state index in [0.29, 0.717) is 0 Å². The third-order valence-corrected chi connectivity index (χ3v) is 3.05. The molecule has 0 bridgehead atoms. The molecule has 1 fully saturated rings. The van der Waals surface area contributed by atoms with Crippen LogP contribution in [0.3, 0.4) is 0 Å². The highest BCUT2D eigenvalue weighted by atomic mass is 19.4. The number of hydrogen-bond acceptors (Lipinski definition) is 2. The number of rotatable bonds is 0. The van der Waals surface area contributed by atoms with Crippen LogP contribution in [0.1, 0.15) is 33.6 Å². The van der Waals surface area contributed by atoms with E-state index < -0.39 is 30.0 Å². The fourth-order valence-electron chi connectivity index (χ4n) is 1.84. The minimum Gasteiger partial charge on any atom is -0.380 e. The molecule has 100 valence electrons. The Bertz CT molecular complexity index is 299. The van der Waals surface area contributed by atoms with Gasteiger partial charge in [0, 0.05) is 31.3 Å². The molecule has 1 aliphatic rings. The molecular weight excluding hydrogens is 235 g/mol. The third kappa shape index (κ3) is 2.91. The van der Waals surface area contributed by atoms with Crippen molar-refractivity contribution in [2.24, 2.45) is 5.41 Å². The smallest absolute Gasteiger partial charge is 0.380 e. The van der Waals surface area contributed by atoms with Crippen molar-refractivity contribution in [2.75, 3.05) is 13.1 Å². The van der Waals surface area contributed by atoms with E-state index in [1.807, 2.05) is 0 Å². The molecule has 1 heterocycles. The van der Waals surface area contributed by atoms with Crippen molar-refractivity contribution in [3.63, 3.8) is 0 Å². The van der Waals surface area contributed by atoms with Crippen LogP contribution in [0.15, 0.2) is 0 Å². The molecule has 0 unspecified atom stereocenters. The Morgan fingerprint density at radius 3 is 1.88 bits per heavy atom. The molecule has 1 N–H and O–H groups in total. The lowest BCUT2D eigenvalue weighted by molar-refractivity contribution is -0.272. The monoisotopic (exact) mass is 253 g/mol. The minimum absolute atomic E-state index is 0.0495. The molecule has 6 heteroatoms. The highest BCUT2D eigenvalue weighted by molar-refractivity contribution is 5.81. The topological polar surface area (TPSA) is 40.5 Å². The van der Waals surface area contributed by atoms with E-state index in [9.17, 15) is 23.1 Å². The van der Waals surface area contributed by atoms with Crippen LogP contribution in [0.25, 0.3) is 0 Å². The number of halogens is 3. The van der Waals surface area contributed by atoms with Crippen molar-refractivity contribution in [1.82, 2.24) is 4.90 Å². The van der Waals surface area contributed by atoms with E-state index in [-0.39, 0.29) is 19.0 Å². The lowest BCUT2D eigenvalue weighted by Gasteiger charge is -2.40. The summed E-state index contributed by atoms with van der Waals surface area (Å²) < 4.78 is 37.6. The van der Waals surface area contributed by atoms with Crippen LogP contribution in [-0.4, -0.2) is 40.8 Å². The van der Waals surface area contributed by atoms with Gasteiger partial charge in [-0.05, 0) is 0 Å². The van der Waals surface area contributed by atoms with Crippen LogP contribution < -0.4 is 0 Å². The first-order valence-electron chi connectivity index (χ1n) is 5.56. The number of alkyl halides is 3. The van der Waals surface area contributed by atoms with Gasteiger partial charge in [-0.3, -0.25) is 4.79 Å². The molecule has 0 aromatic rings. The molecule has 0 aromatic carbocycles. The molecule has 0 radical (unpaired) electrons. The highest BCUT2D eigenvalue weighted by Crippen LogP contribution is 2.38. The lowest BCUT2D eigenvalue weighted by Crippen LogP contribution is -2.55. The number of aliphatic hydroxyl groups is 1. The predicted octanol–water partition coefficient (Wildman–Crippen LogP) is 1.95. The van der Waals surface area contributed by atoms with Crippen molar-refractivity contribution < 1.29 is 23.1 Å². The molecule has 1 rings (SSSR count). The van der Waals surface area contributed by atoms with Gasteiger partial charge in [0.2, 0.25) is 5.91 Å². The summed E-state index contributed by atoms with van der Waals surface area (Å²) in [6, 6.07) is 0. The molecule has 0 spiro atoms. The minimum atomic E-state index is -4.62. The Balaban J connectivity index is 2.67. The maximum atomic E-state index is 12.5. The lowest BCUT2D eigenvalue weighted by atomic mass is 9.88. The second-order valence-electron chi connectivity index (χ2n) is 5.57. The summed E-state index contributed by atoms with van der Waals surface area (Å²) in [5.41, 5.74) is -3.24. The van der Waals surface area contributed by atoms with Gasteiger partial charge in [0.05, 0.1) is 0 Å². The van der Waals surface area contributed by atoms with Gasteiger partial charge < -0.3 is 10.0 Å². The van der Waals surface area contributed by atoms with Crippen LogP contribution in [0.4, 0.5) is 13.2 Å². The molecule has 0 atom stereocenters. The first kappa shape index (κ1) is 14.3. The maximum absolute atomic E-state index is 12.5. The number of piperidine rings is 1. The number of amides is 1. The van der Waals surface area contributed by atoms with Gasteiger partial charge in [-0.25, -0.2) is 0 Å². The summed E-state index contributed by atoms with van der Waals surface area (Å²) in [6.07, 6.45) is -5.51. The zero-order chi connectivity index (χ0) is 13.5. The third-order valence-electron chi connectivity index (χ3n) is 3.05. The van der Waals surface area contributed by atoms with Gasteiger partial charge in [-0.2, -0.15) is 13.2 Å². The van der Waals surface area contributed by atoms with Crippen molar-refractivity contribution in [2.45, 2.75) is 45.4 Å². The molecule has 17 heavy (non-hydrogen) atoms. The van der Waals surface area contributed by atoms with Crippen LogP contribution in [0.2, 0.25) is 0 Å². The average Bonchev–Trinajstić information content (AvgIpc) is 2.15. The van der Waals surface area contributed by atoms with Gasteiger partial charge in [-0.1, -0.05) is 20.8 Å². The zero-order valence-corrected chi connectivity index (χ0v) is 10.3. The first-order chi connectivity index (χ1) is 7.47. The van der Waals surface area contributed by atoms with E-state index in [1.165, 1.54) is 4.90 Å². The molecule has 3 nitrogen and oxygen atoms in total. The Kier molecular flexibility index (Phi) is 3.49. The van der Waals surface area contributed by atoms with E-state index in [1.54, 1.807) is 20.8 Å². The summed E-state index contributed by atoms with van der Waals surface area (Å²) >= 11 is 0. The summed E-state index contributed by atoms with van der Waals surface area (Å²) in [6.45, 7) is 5.07. The molecule has 0 aromatic heterocycles. The van der Waals surface area contributed by atoms with Gasteiger partial charge in [0.1, 0.15) is 0 Å². The van der Waals surface area contributed by atoms with Crippen LogP contribution >= 0.6 is 0 Å². The maximum Gasteiger partial charge on any atom is 0.417 e. The highest BCUT2D eigenvalue weighted by Gasteiger charge is 2.55.